The van der Waals surface area contributed by atoms with Gasteiger partial charge < -0.3 is 15.2 Å². The number of aromatic nitrogens is 3. The average Bonchev–Trinajstić information content (AvgIpc) is 2.30. The molecule has 0 aliphatic carbocycles. The van der Waals surface area contributed by atoms with Gasteiger partial charge in [-0.2, -0.15) is 15.0 Å². The average molecular weight is 240 g/mol. The van der Waals surface area contributed by atoms with Crippen molar-refractivity contribution >= 4 is 11.9 Å². The van der Waals surface area contributed by atoms with Gasteiger partial charge in [0.05, 0.1) is 19.8 Å². The van der Waals surface area contributed by atoms with Gasteiger partial charge in [0, 0.05) is 13.1 Å². The fourth-order valence-electron chi connectivity index (χ4n) is 1.43. The third kappa shape index (κ3) is 3.40. The van der Waals surface area contributed by atoms with E-state index in [1.54, 1.807) is 0 Å². The van der Waals surface area contributed by atoms with Gasteiger partial charge >= 0.3 is 6.01 Å². The van der Waals surface area contributed by atoms with Gasteiger partial charge in [0.15, 0.2) is 0 Å². The number of hydrogen-bond acceptors (Lipinski definition) is 8. The standard InChI is InChI=1S/C9H16N6O2/c1-2-17-9-12-7(10)11-8(13-9)14-15-3-5-16-6-4-15/h2-6H2,1H3,(H3,10,11,12,13,14). The zero-order valence-electron chi connectivity index (χ0n) is 9.72. The molecule has 2 rings (SSSR count). The highest BCUT2D eigenvalue weighted by Gasteiger charge is 2.12. The normalized spacial score (nSPS) is 16.8. The highest BCUT2D eigenvalue weighted by atomic mass is 16.5. The third-order valence-corrected chi connectivity index (χ3v) is 2.17. The summed E-state index contributed by atoms with van der Waals surface area (Å²) in [7, 11) is 0. The molecule has 94 valence electrons. The monoisotopic (exact) mass is 240 g/mol. The Morgan fingerprint density at radius 2 is 2.12 bits per heavy atom. The number of hydrogen-bond donors (Lipinski definition) is 2. The van der Waals surface area contributed by atoms with Crippen LogP contribution in [-0.2, 0) is 4.74 Å². The van der Waals surface area contributed by atoms with E-state index in [0.717, 1.165) is 13.1 Å². The van der Waals surface area contributed by atoms with Gasteiger partial charge in [-0.05, 0) is 6.92 Å². The summed E-state index contributed by atoms with van der Waals surface area (Å²) in [6.07, 6.45) is 0. The molecule has 0 radical (unpaired) electrons. The number of nitrogen functional groups attached to an aromatic ring is 1. The fraction of sp³-hybridized carbons (Fsp3) is 0.667. The van der Waals surface area contributed by atoms with Crippen LogP contribution in [0.25, 0.3) is 0 Å². The Morgan fingerprint density at radius 3 is 2.82 bits per heavy atom. The molecule has 8 heteroatoms. The van der Waals surface area contributed by atoms with Crippen molar-refractivity contribution in [3.8, 4) is 6.01 Å². The Balaban J connectivity index is 2.03. The fourth-order valence-corrected chi connectivity index (χ4v) is 1.43. The van der Waals surface area contributed by atoms with Gasteiger partial charge in [-0.1, -0.05) is 0 Å². The molecule has 2 heterocycles. The van der Waals surface area contributed by atoms with E-state index >= 15 is 0 Å². The molecule has 1 aromatic rings. The molecule has 0 saturated carbocycles. The number of rotatable bonds is 4. The number of morpholine rings is 1. The highest BCUT2D eigenvalue weighted by Crippen LogP contribution is 2.10. The van der Waals surface area contributed by atoms with Gasteiger partial charge in [0.2, 0.25) is 11.9 Å². The number of anilines is 2. The van der Waals surface area contributed by atoms with E-state index in [0.29, 0.717) is 25.8 Å². The van der Waals surface area contributed by atoms with E-state index in [4.69, 9.17) is 15.2 Å². The van der Waals surface area contributed by atoms with Crippen molar-refractivity contribution in [1.29, 1.82) is 0 Å². The van der Waals surface area contributed by atoms with Crippen LogP contribution in [0.5, 0.6) is 6.01 Å². The van der Waals surface area contributed by atoms with E-state index in [9.17, 15) is 0 Å². The summed E-state index contributed by atoms with van der Waals surface area (Å²) in [6.45, 7) is 5.26. The molecule has 3 N–H and O–H groups in total. The lowest BCUT2D eigenvalue weighted by atomic mass is 10.5. The lowest BCUT2D eigenvalue weighted by Gasteiger charge is -2.26. The topological polar surface area (TPSA) is 98.4 Å². The van der Waals surface area contributed by atoms with E-state index in [1.807, 2.05) is 11.9 Å². The van der Waals surface area contributed by atoms with Crippen LogP contribution in [0.15, 0.2) is 0 Å². The van der Waals surface area contributed by atoms with Crippen LogP contribution < -0.4 is 15.9 Å². The van der Waals surface area contributed by atoms with Gasteiger partial charge in [0.1, 0.15) is 0 Å². The first-order valence-corrected chi connectivity index (χ1v) is 5.51. The van der Waals surface area contributed by atoms with E-state index in [2.05, 4.69) is 20.4 Å². The molecule has 8 nitrogen and oxygen atoms in total. The molecular formula is C9H16N6O2. The van der Waals surface area contributed by atoms with Crippen LogP contribution in [0.2, 0.25) is 0 Å². The number of hydrazine groups is 1. The van der Waals surface area contributed by atoms with E-state index < -0.39 is 0 Å². The Kier molecular flexibility index (Phi) is 3.89. The molecule has 1 aliphatic rings. The third-order valence-electron chi connectivity index (χ3n) is 2.17. The minimum Gasteiger partial charge on any atom is -0.464 e. The first-order valence-electron chi connectivity index (χ1n) is 5.51. The summed E-state index contributed by atoms with van der Waals surface area (Å²) in [4.78, 5) is 12.0. The van der Waals surface area contributed by atoms with Crippen LogP contribution in [0.3, 0.4) is 0 Å². The van der Waals surface area contributed by atoms with Gasteiger partial charge in [-0.25, -0.2) is 5.01 Å². The largest absolute Gasteiger partial charge is 0.464 e. The number of nitrogens with one attached hydrogen (secondary N) is 1. The van der Waals surface area contributed by atoms with Crippen molar-refractivity contribution in [1.82, 2.24) is 20.0 Å². The summed E-state index contributed by atoms with van der Waals surface area (Å²) >= 11 is 0. The van der Waals surface area contributed by atoms with Crippen molar-refractivity contribution in [3.63, 3.8) is 0 Å². The summed E-state index contributed by atoms with van der Waals surface area (Å²) in [5.74, 6) is 0.530. The van der Waals surface area contributed by atoms with Crippen LogP contribution in [0.4, 0.5) is 11.9 Å². The first-order chi connectivity index (χ1) is 8.28. The van der Waals surface area contributed by atoms with Gasteiger partial charge in [-0.15, -0.1) is 0 Å². The molecule has 1 saturated heterocycles. The van der Waals surface area contributed by atoms with Crippen LogP contribution in [0, 0.1) is 0 Å². The molecule has 17 heavy (non-hydrogen) atoms. The van der Waals surface area contributed by atoms with Gasteiger partial charge in [-0.3, -0.25) is 5.43 Å². The second kappa shape index (κ2) is 5.60. The van der Waals surface area contributed by atoms with Crippen LogP contribution >= 0.6 is 0 Å². The predicted octanol–water partition coefficient (Wildman–Crippen LogP) is -0.488. The molecule has 0 unspecified atom stereocenters. The van der Waals surface area contributed by atoms with Crippen molar-refractivity contribution in [2.75, 3.05) is 44.1 Å². The molecule has 0 bridgehead atoms. The molecule has 1 aromatic heterocycles. The minimum atomic E-state index is 0.138. The molecule has 0 atom stereocenters. The lowest BCUT2D eigenvalue weighted by molar-refractivity contribution is 0.0492. The van der Waals surface area contributed by atoms with E-state index in [1.165, 1.54) is 0 Å². The molecule has 0 amide bonds. The molecule has 1 aliphatic heterocycles. The van der Waals surface area contributed by atoms with Gasteiger partial charge in [0.25, 0.3) is 0 Å². The lowest BCUT2D eigenvalue weighted by Crippen LogP contribution is -2.40. The smallest absolute Gasteiger partial charge is 0.323 e. The summed E-state index contributed by atoms with van der Waals surface area (Å²) in [5, 5.41) is 1.97. The SMILES string of the molecule is CCOc1nc(N)nc(NN2CCOCC2)n1. The molecular weight excluding hydrogens is 224 g/mol. The van der Waals surface area contributed by atoms with Crippen LogP contribution in [-0.4, -0.2) is 52.9 Å². The molecule has 0 spiro atoms. The predicted molar refractivity (Wildman–Crippen MR) is 61.4 cm³/mol. The van der Waals surface area contributed by atoms with E-state index in [-0.39, 0.29) is 12.0 Å². The number of ether oxygens (including phenoxy) is 2. The summed E-state index contributed by atoms with van der Waals surface area (Å²) in [6, 6.07) is 0.232. The van der Waals surface area contributed by atoms with Crippen molar-refractivity contribution in [2.24, 2.45) is 0 Å². The second-order valence-corrected chi connectivity index (χ2v) is 3.44. The molecule has 1 fully saturated rings. The zero-order valence-corrected chi connectivity index (χ0v) is 9.72. The quantitative estimate of drug-likeness (QED) is 0.727. The Labute approximate surface area is 99.1 Å². The maximum Gasteiger partial charge on any atom is 0.323 e. The Hall–Kier alpha value is -1.67. The summed E-state index contributed by atoms with van der Waals surface area (Å²) < 4.78 is 10.4. The minimum absolute atomic E-state index is 0.138. The summed E-state index contributed by atoms with van der Waals surface area (Å²) in [5.41, 5.74) is 8.62. The second-order valence-electron chi connectivity index (χ2n) is 3.44. The Bertz CT molecular complexity index is 369. The van der Waals surface area contributed by atoms with Crippen molar-refractivity contribution in [3.05, 3.63) is 0 Å². The van der Waals surface area contributed by atoms with Crippen molar-refractivity contribution in [2.45, 2.75) is 6.92 Å². The maximum absolute atomic E-state index is 5.57. The number of nitrogens with two attached hydrogens (primary N) is 1. The first kappa shape index (κ1) is 11.8. The maximum atomic E-state index is 5.57. The Morgan fingerprint density at radius 1 is 1.35 bits per heavy atom. The highest BCUT2D eigenvalue weighted by molar-refractivity contribution is 5.31. The zero-order chi connectivity index (χ0) is 12.1. The number of nitrogens with zero attached hydrogens (tertiary/aromatic N) is 4. The van der Waals surface area contributed by atoms with Crippen molar-refractivity contribution < 1.29 is 9.47 Å². The molecule has 0 aromatic carbocycles. The van der Waals surface area contributed by atoms with Crippen LogP contribution in [0.1, 0.15) is 6.92 Å².